The second-order valence-corrected chi connectivity index (χ2v) is 5.63. The highest BCUT2D eigenvalue weighted by molar-refractivity contribution is 6.36. The van der Waals surface area contributed by atoms with Crippen molar-refractivity contribution in [2.75, 3.05) is 26.7 Å². The maximum absolute atomic E-state index is 12.9. The minimum atomic E-state index is -0.277. The zero-order chi connectivity index (χ0) is 16.4. The molecule has 5 heteroatoms. The van der Waals surface area contributed by atoms with Gasteiger partial charge in [0, 0.05) is 25.2 Å². The molecule has 0 N–H and O–H groups in total. The first-order valence-corrected chi connectivity index (χ1v) is 7.78. The van der Waals surface area contributed by atoms with Crippen molar-refractivity contribution in [3.63, 3.8) is 0 Å². The highest BCUT2D eigenvalue weighted by Gasteiger charge is 2.42. The maximum atomic E-state index is 12.9. The predicted octanol–water partition coefficient (Wildman–Crippen LogP) is 2.06. The van der Waals surface area contributed by atoms with Crippen LogP contribution in [0.3, 0.4) is 0 Å². The minimum Gasteiger partial charge on any atom is -0.496 e. The van der Waals surface area contributed by atoms with E-state index in [1.165, 1.54) is 4.90 Å². The quantitative estimate of drug-likeness (QED) is 0.617. The second-order valence-electron chi connectivity index (χ2n) is 5.63. The van der Waals surface area contributed by atoms with Crippen molar-refractivity contribution in [2.45, 2.75) is 12.8 Å². The Kier molecular flexibility index (Phi) is 4.19. The lowest BCUT2D eigenvalue weighted by molar-refractivity contribution is -0.136. The molecule has 120 valence electrons. The van der Waals surface area contributed by atoms with Gasteiger partial charge in [-0.05, 0) is 18.9 Å². The standard InChI is InChI=1S/C18H20N2O3/c1-3-10-20-17(21)15(13-8-4-5-9-14(13)23-2)16(18(20)22)19-11-6-7-12-19/h3-5,8-9H,1,6-7,10-12H2,2H3. The number of carbonyl (C=O) groups is 2. The molecule has 0 spiro atoms. The van der Waals surface area contributed by atoms with Crippen LogP contribution in [-0.4, -0.2) is 48.4 Å². The van der Waals surface area contributed by atoms with E-state index in [9.17, 15) is 9.59 Å². The maximum Gasteiger partial charge on any atom is 0.278 e. The fraction of sp³-hybridized carbons (Fsp3) is 0.333. The van der Waals surface area contributed by atoms with Crippen molar-refractivity contribution in [3.05, 3.63) is 48.2 Å². The zero-order valence-corrected chi connectivity index (χ0v) is 13.2. The molecule has 0 bridgehead atoms. The molecular formula is C18H20N2O3. The van der Waals surface area contributed by atoms with Gasteiger partial charge >= 0.3 is 0 Å². The monoisotopic (exact) mass is 312 g/mol. The number of hydrogen-bond acceptors (Lipinski definition) is 4. The second kappa shape index (κ2) is 6.28. The summed E-state index contributed by atoms with van der Waals surface area (Å²) in [5.74, 6) is 0.0832. The van der Waals surface area contributed by atoms with Gasteiger partial charge in [0.25, 0.3) is 11.8 Å². The molecule has 1 saturated heterocycles. The van der Waals surface area contributed by atoms with E-state index >= 15 is 0 Å². The molecule has 0 atom stereocenters. The van der Waals surface area contributed by atoms with Crippen LogP contribution in [0, 0.1) is 0 Å². The topological polar surface area (TPSA) is 49.9 Å². The van der Waals surface area contributed by atoms with E-state index in [1.807, 2.05) is 23.1 Å². The molecule has 0 saturated carbocycles. The average Bonchev–Trinajstić information content (AvgIpc) is 3.17. The average molecular weight is 312 g/mol. The minimum absolute atomic E-state index is 0.216. The number of hydrogen-bond donors (Lipinski definition) is 0. The summed E-state index contributed by atoms with van der Waals surface area (Å²) in [4.78, 5) is 28.9. The highest BCUT2D eigenvalue weighted by atomic mass is 16.5. The molecule has 1 aromatic rings. The number of methoxy groups -OCH3 is 1. The van der Waals surface area contributed by atoms with Crippen LogP contribution in [-0.2, 0) is 9.59 Å². The largest absolute Gasteiger partial charge is 0.496 e. The van der Waals surface area contributed by atoms with Crippen molar-refractivity contribution in [1.82, 2.24) is 9.80 Å². The zero-order valence-electron chi connectivity index (χ0n) is 13.2. The predicted molar refractivity (Wildman–Crippen MR) is 87.6 cm³/mol. The van der Waals surface area contributed by atoms with E-state index in [0.717, 1.165) is 25.9 Å². The number of rotatable bonds is 5. The van der Waals surface area contributed by atoms with Gasteiger partial charge in [-0.15, -0.1) is 6.58 Å². The Morgan fingerprint density at radius 2 is 1.87 bits per heavy atom. The Labute approximate surface area is 135 Å². The Morgan fingerprint density at radius 3 is 2.52 bits per heavy atom. The Hall–Kier alpha value is -2.56. The van der Waals surface area contributed by atoms with Gasteiger partial charge in [-0.2, -0.15) is 0 Å². The summed E-state index contributed by atoms with van der Waals surface area (Å²) in [7, 11) is 1.57. The van der Waals surface area contributed by atoms with E-state index in [0.29, 0.717) is 22.6 Å². The summed E-state index contributed by atoms with van der Waals surface area (Å²) >= 11 is 0. The van der Waals surface area contributed by atoms with Crippen LogP contribution in [0.25, 0.3) is 5.57 Å². The summed E-state index contributed by atoms with van der Waals surface area (Å²) in [6.45, 7) is 5.46. The number of likely N-dealkylation sites (tertiary alicyclic amines) is 1. The van der Waals surface area contributed by atoms with Crippen LogP contribution in [0.2, 0.25) is 0 Å². The van der Waals surface area contributed by atoms with Gasteiger partial charge in [0.15, 0.2) is 0 Å². The number of imide groups is 1. The van der Waals surface area contributed by atoms with E-state index in [4.69, 9.17) is 4.74 Å². The Balaban J connectivity index is 2.15. The smallest absolute Gasteiger partial charge is 0.278 e. The van der Waals surface area contributed by atoms with Gasteiger partial charge in [-0.3, -0.25) is 14.5 Å². The molecule has 23 heavy (non-hydrogen) atoms. The van der Waals surface area contributed by atoms with E-state index in [2.05, 4.69) is 6.58 Å². The molecule has 1 aromatic carbocycles. The van der Waals surface area contributed by atoms with Crippen molar-refractivity contribution in [1.29, 1.82) is 0 Å². The highest BCUT2D eigenvalue weighted by Crippen LogP contribution is 2.37. The summed E-state index contributed by atoms with van der Waals surface area (Å²) < 4.78 is 5.39. The van der Waals surface area contributed by atoms with Crippen LogP contribution in [0.5, 0.6) is 5.75 Å². The lowest BCUT2D eigenvalue weighted by Gasteiger charge is -2.19. The van der Waals surface area contributed by atoms with Crippen molar-refractivity contribution >= 4 is 17.4 Å². The Morgan fingerprint density at radius 1 is 1.17 bits per heavy atom. The van der Waals surface area contributed by atoms with Crippen LogP contribution in [0.1, 0.15) is 18.4 Å². The Bertz CT molecular complexity index is 687. The molecular weight excluding hydrogens is 292 g/mol. The summed E-state index contributed by atoms with van der Waals surface area (Å²) in [5.41, 5.74) is 1.61. The molecule has 0 aromatic heterocycles. The van der Waals surface area contributed by atoms with Crippen molar-refractivity contribution in [2.24, 2.45) is 0 Å². The molecule has 1 fully saturated rings. The fourth-order valence-electron chi connectivity index (χ4n) is 3.19. The van der Waals surface area contributed by atoms with Gasteiger partial charge in [-0.1, -0.05) is 24.3 Å². The van der Waals surface area contributed by atoms with E-state index in [1.54, 1.807) is 19.3 Å². The number of carbonyl (C=O) groups excluding carboxylic acids is 2. The molecule has 0 unspecified atom stereocenters. The first-order chi connectivity index (χ1) is 11.2. The lowest BCUT2D eigenvalue weighted by Crippen LogP contribution is -2.34. The molecule has 2 aliphatic rings. The SMILES string of the molecule is C=CCN1C(=O)C(c2ccccc2OC)=C(N2CCCC2)C1=O. The number of amides is 2. The lowest BCUT2D eigenvalue weighted by atomic mass is 10.0. The van der Waals surface area contributed by atoms with Gasteiger partial charge in [0.1, 0.15) is 11.4 Å². The summed E-state index contributed by atoms with van der Waals surface area (Å²) in [6, 6.07) is 7.33. The van der Waals surface area contributed by atoms with Gasteiger partial charge in [0.2, 0.25) is 0 Å². The summed E-state index contributed by atoms with van der Waals surface area (Å²) in [6.07, 6.45) is 3.64. The van der Waals surface area contributed by atoms with Crippen LogP contribution >= 0.6 is 0 Å². The van der Waals surface area contributed by atoms with Gasteiger partial charge < -0.3 is 9.64 Å². The number of ether oxygens (including phenoxy) is 1. The van der Waals surface area contributed by atoms with Crippen LogP contribution in [0.15, 0.2) is 42.6 Å². The molecule has 2 heterocycles. The molecule has 0 aliphatic carbocycles. The third-order valence-electron chi connectivity index (χ3n) is 4.25. The van der Waals surface area contributed by atoms with E-state index < -0.39 is 0 Å². The molecule has 2 amide bonds. The van der Waals surface area contributed by atoms with Crippen molar-refractivity contribution < 1.29 is 14.3 Å². The van der Waals surface area contributed by atoms with Crippen LogP contribution in [0.4, 0.5) is 0 Å². The molecule has 3 rings (SSSR count). The number of benzene rings is 1. The van der Waals surface area contributed by atoms with E-state index in [-0.39, 0.29) is 18.4 Å². The number of para-hydroxylation sites is 1. The number of nitrogens with zero attached hydrogens (tertiary/aromatic N) is 2. The molecule has 0 radical (unpaired) electrons. The fourth-order valence-corrected chi connectivity index (χ4v) is 3.19. The first kappa shape index (κ1) is 15.3. The van der Waals surface area contributed by atoms with Crippen LogP contribution < -0.4 is 4.74 Å². The first-order valence-electron chi connectivity index (χ1n) is 7.78. The normalized spacial score (nSPS) is 18.1. The van der Waals surface area contributed by atoms with Crippen molar-refractivity contribution in [3.8, 4) is 5.75 Å². The summed E-state index contributed by atoms with van der Waals surface area (Å²) in [5, 5.41) is 0. The molecule has 5 nitrogen and oxygen atoms in total. The molecule has 2 aliphatic heterocycles. The van der Waals surface area contributed by atoms with Gasteiger partial charge in [-0.25, -0.2) is 0 Å². The third kappa shape index (κ3) is 2.52. The van der Waals surface area contributed by atoms with Gasteiger partial charge in [0.05, 0.1) is 12.7 Å². The third-order valence-corrected chi connectivity index (χ3v) is 4.25.